The molecule has 0 aliphatic carbocycles. The summed E-state index contributed by atoms with van der Waals surface area (Å²) in [6.45, 7) is 5.33. The second-order valence-corrected chi connectivity index (χ2v) is 10.5. The van der Waals surface area contributed by atoms with Crippen LogP contribution in [0.3, 0.4) is 0 Å². The van der Waals surface area contributed by atoms with Crippen LogP contribution in [0.4, 0.5) is 5.69 Å². The average molecular weight is 507 g/mol. The maximum atomic E-state index is 13.3. The number of anilines is 1. The molecule has 2 aromatic carbocycles. The van der Waals surface area contributed by atoms with Crippen molar-refractivity contribution in [2.24, 2.45) is 0 Å². The first kappa shape index (κ1) is 25.3. The fraction of sp³-hybridized carbons (Fsp3) is 0.261. The summed E-state index contributed by atoms with van der Waals surface area (Å²) in [7, 11) is -3.41. The fourth-order valence-electron chi connectivity index (χ4n) is 3.16. The van der Waals surface area contributed by atoms with Crippen molar-refractivity contribution in [3.8, 4) is 10.4 Å². The number of carbonyl (C=O) groups excluding carboxylic acids is 2. The molecule has 0 aliphatic heterocycles. The molecule has 0 fully saturated rings. The number of Topliss-reactive ketones (excluding diaryl/α,β-unsaturated/α-hetero) is 1. The molecule has 1 amide bonds. The van der Waals surface area contributed by atoms with E-state index in [4.69, 9.17) is 20.6 Å². The number of hydrogen-bond donors (Lipinski definition) is 1. The Morgan fingerprint density at radius 3 is 2.36 bits per heavy atom. The van der Waals surface area contributed by atoms with Crippen molar-refractivity contribution >= 4 is 47.9 Å². The maximum Gasteiger partial charge on any atom is 0.337 e. The highest BCUT2D eigenvalue weighted by molar-refractivity contribution is 7.53. The molecule has 7 nitrogen and oxygen atoms in total. The van der Waals surface area contributed by atoms with Crippen LogP contribution in [0.15, 0.2) is 48.5 Å². The molecule has 0 unspecified atom stereocenters. The lowest BCUT2D eigenvalue weighted by molar-refractivity contribution is 0.101. The van der Waals surface area contributed by atoms with E-state index in [1.165, 1.54) is 24.3 Å². The molecule has 0 atom stereocenters. The van der Waals surface area contributed by atoms with Crippen LogP contribution in [0.25, 0.3) is 10.4 Å². The number of amides is 1. The summed E-state index contributed by atoms with van der Waals surface area (Å²) < 4.78 is 23.8. The van der Waals surface area contributed by atoms with Gasteiger partial charge in [0, 0.05) is 10.6 Å². The van der Waals surface area contributed by atoms with Gasteiger partial charge in [-0.25, -0.2) is 4.98 Å². The smallest absolute Gasteiger partial charge is 0.320 e. The zero-order chi connectivity index (χ0) is 24.0. The van der Waals surface area contributed by atoms with Crippen molar-refractivity contribution in [1.82, 2.24) is 4.98 Å². The number of nitrogens with one attached hydrogen (secondary N) is 1. The van der Waals surface area contributed by atoms with Gasteiger partial charge >= 0.3 is 7.60 Å². The minimum Gasteiger partial charge on any atom is -0.320 e. The summed E-state index contributed by atoms with van der Waals surface area (Å²) in [4.78, 5) is 30.4. The Bertz CT molecular complexity index is 1190. The van der Waals surface area contributed by atoms with Crippen LogP contribution in [0.5, 0.6) is 0 Å². The van der Waals surface area contributed by atoms with E-state index >= 15 is 0 Å². The second-order valence-electron chi connectivity index (χ2n) is 6.96. The molecule has 33 heavy (non-hydrogen) atoms. The first-order valence-electron chi connectivity index (χ1n) is 10.3. The highest BCUT2D eigenvalue weighted by atomic mass is 35.5. The lowest BCUT2D eigenvalue weighted by Gasteiger charge is -2.15. The molecule has 0 spiro atoms. The Kier molecular flexibility index (Phi) is 8.57. The Morgan fingerprint density at radius 2 is 1.76 bits per heavy atom. The molecular formula is C23H24ClN2O5PS. The van der Waals surface area contributed by atoms with E-state index in [-0.39, 0.29) is 30.9 Å². The SMILES string of the molecule is CCOP(=O)(Cc1nc(C(=O)Nc2ccc(Cl)cc2C(C)=O)c(-c2ccccc2)s1)OCC. The van der Waals surface area contributed by atoms with Crippen LogP contribution in [0.1, 0.15) is 46.6 Å². The molecule has 0 aliphatic rings. The summed E-state index contributed by atoms with van der Waals surface area (Å²) in [6.07, 6.45) is -0.0495. The van der Waals surface area contributed by atoms with Crippen LogP contribution < -0.4 is 5.32 Å². The average Bonchev–Trinajstić information content (AvgIpc) is 3.19. The number of halogens is 1. The molecule has 10 heteroatoms. The number of nitrogens with zero attached hydrogens (tertiary/aromatic N) is 1. The number of aromatic nitrogens is 1. The van der Waals surface area contributed by atoms with E-state index in [1.807, 2.05) is 30.3 Å². The van der Waals surface area contributed by atoms with E-state index < -0.39 is 13.5 Å². The minimum absolute atomic E-state index is 0.0495. The van der Waals surface area contributed by atoms with Gasteiger partial charge in [-0.1, -0.05) is 41.9 Å². The molecule has 1 aromatic heterocycles. The molecule has 3 aromatic rings. The standard InChI is InChI=1S/C23H24ClN2O5PS/c1-4-30-32(29,31-5-2)14-20-26-21(22(33-20)16-9-7-6-8-10-16)23(28)25-19-12-11-17(24)13-18(19)15(3)27/h6-13H,4-5,14H2,1-3H3,(H,25,28). The number of carbonyl (C=O) groups is 2. The molecule has 1 N–H and O–H groups in total. The predicted molar refractivity (Wildman–Crippen MR) is 132 cm³/mol. The molecule has 0 bridgehead atoms. The van der Waals surface area contributed by atoms with Crippen LogP contribution in [-0.2, 0) is 19.8 Å². The van der Waals surface area contributed by atoms with Crippen LogP contribution >= 0.6 is 30.5 Å². The lowest BCUT2D eigenvalue weighted by Crippen LogP contribution is -2.15. The largest absolute Gasteiger partial charge is 0.337 e. The maximum absolute atomic E-state index is 13.3. The van der Waals surface area contributed by atoms with Crippen LogP contribution in [-0.4, -0.2) is 29.9 Å². The van der Waals surface area contributed by atoms with E-state index in [0.717, 1.165) is 5.56 Å². The fourth-order valence-corrected chi connectivity index (χ4v) is 6.37. The molecular weight excluding hydrogens is 483 g/mol. The van der Waals surface area contributed by atoms with E-state index in [1.54, 1.807) is 26.0 Å². The van der Waals surface area contributed by atoms with Crippen LogP contribution in [0.2, 0.25) is 5.02 Å². The van der Waals surface area contributed by atoms with Gasteiger partial charge in [-0.3, -0.25) is 14.2 Å². The van der Waals surface area contributed by atoms with Gasteiger partial charge in [0.1, 0.15) is 16.9 Å². The Balaban J connectivity index is 2.01. The first-order valence-corrected chi connectivity index (χ1v) is 13.2. The van der Waals surface area contributed by atoms with Crippen molar-refractivity contribution < 1.29 is 23.2 Å². The van der Waals surface area contributed by atoms with Crippen LogP contribution in [0, 0.1) is 0 Å². The zero-order valence-corrected chi connectivity index (χ0v) is 20.9. The van der Waals surface area contributed by atoms with Crippen molar-refractivity contribution in [2.45, 2.75) is 26.9 Å². The minimum atomic E-state index is -3.41. The van der Waals surface area contributed by atoms with Gasteiger partial charge in [-0.15, -0.1) is 11.3 Å². The topological polar surface area (TPSA) is 94.6 Å². The van der Waals surface area contributed by atoms with Gasteiger partial charge < -0.3 is 14.4 Å². The highest BCUT2D eigenvalue weighted by Gasteiger charge is 2.29. The van der Waals surface area contributed by atoms with E-state index in [9.17, 15) is 14.2 Å². The predicted octanol–water partition coefficient (Wildman–Crippen LogP) is 6.68. The third-order valence-corrected chi connectivity index (χ3v) is 8.06. The third kappa shape index (κ3) is 6.37. The summed E-state index contributed by atoms with van der Waals surface area (Å²) in [5, 5.41) is 3.61. The number of ketones is 1. The van der Waals surface area contributed by atoms with Gasteiger partial charge in [0.05, 0.1) is 23.8 Å². The van der Waals surface area contributed by atoms with Gasteiger partial charge in [0.15, 0.2) is 5.78 Å². The van der Waals surface area contributed by atoms with Gasteiger partial charge in [0.2, 0.25) is 0 Å². The summed E-state index contributed by atoms with van der Waals surface area (Å²) in [5.74, 6) is -0.728. The molecule has 0 radical (unpaired) electrons. The summed E-state index contributed by atoms with van der Waals surface area (Å²) in [5.41, 5.74) is 1.58. The first-order chi connectivity index (χ1) is 15.8. The Hall–Kier alpha value is -2.35. The summed E-state index contributed by atoms with van der Waals surface area (Å²) >= 11 is 7.26. The van der Waals surface area contributed by atoms with Crippen molar-refractivity contribution in [3.63, 3.8) is 0 Å². The molecule has 0 saturated heterocycles. The highest BCUT2D eigenvalue weighted by Crippen LogP contribution is 2.52. The zero-order valence-electron chi connectivity index (χ0n) is 18.5. The van der Waals surface area contributed by atoms with Crippen molar-refractivity contribution in [2.75, 3.05) is 18.5 Å². The number of rotatable bonds is 10. The molecule has 0 saturated carbocycles. The van der Waals surface area contributed by atoms with Crippen molar-refractivity contribution in [3.05, 3.63) is 69.8 Å². The van der Waals surface area contributed by atoms with Crippen molar-refractivity contribution in [1.29, 1.82) is 0 Å². The molecule has 3 rings (SSSR count). The Labute approximate surface area is 201 Å². The van der Waals surface area contributed by atoms with Gasteiger partial charge in [-0.2, -0.15) is 0 Å². The molecule has 174 valence electrons. The normalized spacial score (nSPS) is 11.4. The number of thiazole rings is 1. The molecule has 1 heterocycles. The van der Waals surface area contributed by atoms with E-state index in [0.29, 0.717) is 26.2 Å². The van der Waals surface area contributed by atoms with Gasteiger partial charge in [0.25, 0.3) is 5.91 Å². The quantitative estimate of drug-likeness (QED) is 0.243. The lowest BCUT2D eigenvalue weighted by atomic mass is 10.1. The monoisotopic (exact) mass is 506 g/mol. The summed E-state index contributed by atoms with van der Waals surface area (Å²) in [6, 6.07) is 14.0. The van der Waals surface area contributed by atoms with Gasteiger partial charge in [-0.05, 0) is 44.5 Å². The number of hydrogen-bond acceptors (Lipinski definition) is 7. The second kappa shape index (κ2) is 11.2. The van der Waals surface area contributed by atoms with E-state index in [2.05, 4.69) is 10.3 Å². The number of benzene rings is 2. The third-order valence-electron chi connectivity index (χ3n) is 4.51. The Morgan fingerprint density at radius 1 is 1.09 bits per heavy atom.